The van der Waals surface area contributed by atoms with Gasteiger partial charge >= 0.3 is 0 Å². The van der Waals surface area contributed by atoms with E-state index in [2.05, 4.69) is 26.5 Å². The molecule has 0 radical (unpaired) electrons. The first-order chi connectivity index (χ1) is 8.33. The SMILES string of the molecule is C=Cc1cccc(N=C(NO)c2cnon2)c1. The Bertz CT molecular complexity index is 534. The van der Waals surface area contributed by atoms with Gasteiger partial charge in [-0.3, -0.25) is 10.7 Å². The number of benzene rings is 1. The lowest BCUT2D eigenvalue weighted by molar-refractivity contribution is 0.234. The van der Waals surface area contributed by atoms with Crippen LogP contribution in [0.15, 0.2) is 46.7 Å². The highest BCUT2D eigenvalue weighted by Crippen LogP contribution is 2.15. The Morgan fingerprint density at radius 2 is 2.41 bits per heavy atom. The molecule has 6 heteroatoms. The summed E-state index contributed by atoms with van der Waals surface area (Å²) in [4.78, 5) is 4.17. The second-order valence-electron chi connectivity index (χ2n) is 3.16. The standard InChI is InChI=1S/C11H10N4O2/c1-2-8-4-3-5-9(6-8)13-11(14-16)10-7-12-17-15-10/h2-7,16H,1H2,(H,13,14). The monoisotopic (exact) mass is 230 g/mol. The molecule has 0 atom stereocenters. The first-order valence-corrected chi connectivity index (χ1v) is 4.82. The highest BCUT2D eigenvalue weighted by Gasteiger charge is 2.06. The first kappa shape index (κ1) is 11.0. The molecule has 0 saturated carbocycles. The fourth-order valence-corrected chi connectivity index (χ4v) is 1.26. The first-order valence-electron chi connectivity index (χ1n) is 4.82. The molecular formula is C11H10N4O2. The van der Waals surface area contributed by atoms with Gasteiger partial charge in [0.25, 0.3) is 0 Å². The summed E-state index contributed by atoms with van der Waals surface area (Å²) >= 11 is 0. The highest BCUT2D eigenvalue weighted by molar-refractivity contribution is 5.97. The molecule has 0 fully saturated rings. The van der Waals surface area contributed by atoms with Crippen molar-refractivity contribution in [1.82, 2.24) is 15.8 Å². The predicted octanol–water partition coefficient (Wildman–Crippen LogP) is 1.77. The number of aromatic nitrogens is 2. The van der Waals surface area contributed by atoms with E-state index in [0.717, 1.165) is 5.56 Å². The number of amidine groups is 1. The summed E-state index contributed by atoms with van der Waals surface area (Å²) in [5.41, 5.74) is 3.86. The van der Waals surface area contributed by atoms with Gasteiger partial charge in [0.2, 0.25) is 0 Å². The van der Waals surface area contributed by atoms with E-state index in [1.54, 1.807) is 12.1 Å². The largest absolute Gasteiger partial charge is 0.290 e. The van der Waals surface area contributed by atoms with Gasteiger partial charge in [-0.1, -0.05) is 29.9 Å². The van der Waals surface area contributed by atoms with Crippen LogP contribution in [0.5, 0.6) is 0 Å². The third-order valence-electron chi connectivity index (χ3n) is 2.06. The Kier molecular flexibility index (Phi) is 3.27. The molecule has 0 bridgehead atoms. The molecule has 2 aromatic rings. The summed E-state index contributed by atoms with van der Waals surface area (Å²) in [7, 11) is 0. The quantitative estimate of drug-likeness (QED) is 0.477. The van der Waals surface area contributed by atoms with Crippen LogP contribution < -0.4 is 5.48 Å². The molecule has 17 heavy (non-hydrogen) atoms. The lowest BCUT2D eigenvalue weighted by Crippen LogP contribution is -2.20. The van der Waals surface area contributed by atoms with Crippen molar-refractivity contribution < 1.29 is 9.84 Å². The Hall–Kier alpha value is -2.47. The van der Waals surface area contributed by atoms with E-state index in [1.165, 1.54) is 6.20 Å². The van der Waals surface area contributed by atoms with E-state index in [1.807, 2.05) is 23.7 Å². The maximum absolute atomic E-state index is 8.98. The molecule has 0 aliphatic heterocycles. The molecule has 0 amide bonds. The second kappa shape index (κ2) is 5.04. The molecule has 86 valence electrons. The van der Waals surface area contributed by atoms with Crippen LogP contribution in [0.2, 0.25) is 0 Å². The van der Waals surface area contributed by atoms with E-state index < -0.39 is 0 Å². The Labute approximate surface area is 97.2 Å². The zero-order valence-electron chi connectivity index (χ0n) is 8.87. The lowest BCUT2D eigenvalue weighted by Gasteiger charge is -2.00. The van der Waals surface area contributed by atoms with Crippen molar-refractivity contribution >= 4 is 17.6 Å². The molecule has 2 rings (SSSR count). The third-order valence-corrected chi connectivity index (χ3v) is 2.06. The van der Waals surface area contributed by atoms with Crippen LogP contribution >= 0.6 is 0 Å². The van der Waals surface area contributed by atoms with Gasteiger partial charge in [0, 0.05) is 0 Å². The van der Waals surface area contributed by atoms with Crippen LogP contribution in [0.3, 0.4) is 0 Å². The van der Waals surface area contributed by atoms with Crippen LogP contribution in [0.1, 0.15) is 11.3 Å². The van der Waals surface area contributed by atoms with Crippen LogP contribution in [0.4, 0.5) is 5.69 Å². The Morgan fingerprint density at radius 1 is 1.53 bits per heavy atom. The average Bonchev–Trinajstić information content (AvgIpc) is 2.90. The van der Waals surface area contributed by atoms with Crippen molar-refractivity contribution in [3.05, 3.63) is 48.3 Å². The summed E-state index contributed by atoms with van der Waals surface area (Å²) < 4.78 is 4.43. The number of hydrogen-bond donors (Lipinski definition) is 2. The van der Waals surface area contributed by atoms with Gasteiger partial charge in [-0.15, -0.1) is 0 Å². The van der Waals surface area contributed by atoms with Gasteiger partial charge in [0.05, 0.1) is 5.69 Å². The summed E-state index contributed by atoms with van der Waals surface area (Å²) in [5, 5.41) is 16.0. The van der Waals surface area contributed by atoms with Crippen LogP contribution in [0, 0.1) is 0 Å². The normalized spacial score (nSPS) is 11.2. The van der Waals surface area contributed by atoms with Crippen LogP contribution in [0.25, 0.3) is 6.08 Å². The molecule has 0 unspecified atom stereocenters. The van der Waals surface area contributed by atoms with E-state index in [-0.39, 0.29) is 5.84 Å². The number of rotatable bonds is 3. The summed E-state index contributed by atoms with van der Waals surface area (Å²) in [6.07, 6.45) is 3.06. The van der Waals surface area contributed by atoms with Crippen molar-refractivity contribution in [1.29, 1.82) is 0 Å². The fraction of sp³-hybridized carbons (Fsp3) is 0. The molecule has 1 heterocycles. The number of hydrogen-bond acceptors (Lipinski definition) is 5. The van der Waals surface area contributed by atoms with Crippen LogP contribution in [-0.2, 0) is 0 Å². The third kappa shape index (κ3) is 2.56. The Morgan fingerprint density at radius 3 is 3.06 bits per heavy atom. The van der Waals surface area contributed by atoms with Crippen molar-refractivity contribution in [2.75, 3.05) is 0 Å². The van der Waals surface area contributed by atoms with Crippen LogP contribution in [-0.4, -0.2) is 21.4 Å². The maximum Gasteiger partial charge on any atom is 0.181 e. The molecular weight excluding hydrogens is 220 g/mol. The molecule has 0 spiro atoms. The van der Waals surface area contributed by atoms with E-state index >= 15 is 0 Å². The van der Waals surface area contributed by atoms with Crippen molar-refractivity contribution in [2.24, 2.45) is 4.99 Å². The Balaban J connectivity index is 2.36. The number of nitrogens with one attached hydrogen (secondary N) is 1. The predicted molar refractivity (Wildman–Crippen MR) is 62.0 cm³/mol. The van der Waals surface area contributed by atoms with E-state index in [0.29, 0.717) is 11.4 Å². The lowest BCUT2D eigenvalue weighted by atomic mass is 10.2. The number of nitrogens with zero attached hydrogens (tertiary/aromatic N) is 3. The van der Waals surface area contributed by atoms with Gasteiger partial charge in [-0.25, -0.2) is 9.62 Å². The highest BCUT2D eigenvalue weighted by atomic mass is 16.6. The summed E-state index contributed by atoms with van der Waals surface area (Å²) in [6.45, 7) is 3.67. The van der Waals surface area contributed by atoms with E-state index in [4.69, 9.17) is 5.21 Å². The minimum Gasteiger partial charge on any atom is -0.290 e. The van der Waals surface area contributed by atoms with Gasteiger partial charge in [-0.2, -0.15) is 0 Å². The minimum atomic E-state index is 0.160. The zero-order valence-corrected chi connectivity index (χ0v) is 8.87. The van der Waals surface area contributed by atoms with Gasteiger partial charge in [0.15, 0.2) is 11.5 Å². The molecule has 0 aliphatic carbocycles. The molecule has 2 N–H and O–H groups in total. The van der Waals surface area contributed by atoms with Gasteiger partial charge < -0.3 is 0 Å². The van der Waals surface area contributed by atoms with Crippen molar-refractivity contribution in [2.45, 2.75) is 0 Å². The van der Waals surface area contributed by atoms with Gasteiger partial charge in [0.1, 0.15) is 6.20 Å². The number of hydroxylamine groups is 1. The number of aliphatic imine (C=N–C) groups is 1. The fourth-order valence-electron chi connectivity index (χ4n) is 1.26. The molecule has 0 saturated heterocycles. The summed E-state index contributed by atoms with van der Waals surface area (Å²) in [6, 6.07) is 7.34. The second-order valence-corrected chi connectivity index (χ2v) is 3.16. The zero-order chi connectivity index (χ0) is 12.1. The van der Waals surface area contributed by atoms with Crippen molar-refractivity contribution in [3.8, 4) is 0 Å². The smallest absolute Gasteiger partial charge is 0.181 e. The summed E-state index contributed by atoms with van der Waals surface area (Å²) in [5.74, 6) is 0.160. The minimum absolute atomic E-state index is 0.160. The average molecular weight is 230 g/mol. The van der Waals surface area contributed by atoms with E-state index in [9.17, 15) is 0 Å². The van der Waals surface area contributed by atoms with Crippen molar-refractivity contribution in [3.63, 3.8) is 0 Å². The topological polar surface area (TPSA) is 83.5 Å². The molecule has 1 aromatic carbocycles. The van der Waals surface area contributed by atoms with Gasteiger partial charge in [-0.05, 0) is 22.9 Å². The molecule has 6 nitrogen and oxygen atoms in total. The molecule has 0 aliphatic rings. The maximum atomic E-state index is 8.98. The molecule has 1 aromatic heterocycles.